The molecule has 0 aromatic carbocycles. The van der Waals surface area contributed by atoms with Crippen molar-refractivity contribution in [3.05, 3.63) is 39.8 Å². The summed E-state index contributed by atoms with van der Waals surface area (Å²) in [4.78, 5) is 29.5. The Balaban J connectivity index is 2.53. The summed E-state index contributed by atoms with van der Waals surface area (Å²) in [5.41, 5.74) is 0.0200. The number of aromatic nitrogens is 4. The lowest BCUT2D eigenvalue weighted by Gasteiger charge is -2.02. The molecular formula is C11H14N4O2. The Labute approximate surface area is 97.2 Å². The first-order chi connectivity index (χ1) is 8.15. The first-order valence-electron chi connectivity index (χ1n) is 5.40. The van der Waals surface area contributed by atoms with Gasteiger partial charge in [0.15, 0.2) is 11.2 Å². The van der Waals surface area contributed by atoms with Gasteiger partial charge in [-0.2, -0.15) is 0 Å². The average Bonchev–Trinajstić information content (AvgIpc) is 2.71. The van der Waals surface area contributed by atoms with Gasteiger partial charge in [0.1, 0.15) is 0 Å². The molecule has 0 radical (unpaired) electrons. The van der Waals surface area contributed by atoms with Crippen LogP contribution in [-0.2, 0) is 13.6 Å². The van der Waals surface area contributed by atoms with Crippen LogP contribution in [0.4, 0.5) is 0 Å². The second-order valence-electron chi connectivity index (χ2n) is 3.86. The largest absolute Gasteiger partial charge is 0.329 e. The zero-order valence-corrected chi connectivity index (χ0v) is 9.64. The van der Waals surface area contributed by atoms with Crippen molar-refractivity contribution < 1.29 is 0 Å². The van der Waals surface area contributed by atoms with Crippen molar-refractivity contribution in [1.29, 1.82) is 0 Å². The Kier molecular flexibility index (Phi) is 2.95. The van der Waals surface area contributed by atoms with Crippen LogP contribution in [0.15, 0.2) is 28.6 Å². The van der Waals surface area contributed by atoms with Gasteiger partial charge < -0.3 is 4.57 Å². The zero-order valence-electron chi connectivity index (χ0n) is 9.64. The molecule has 0 aliphatic heterocycles. The number of unbranched alkanes of at least 4 members (excludes halogenated alkanes) is 1. The fourth-order valence-electron chi connectivity index (χ4n) is 1.76. The summed E-state index contributed by atoms with van der Waals surface area (Å²) < 4.78 is 3.10. The molecule has 0 aliphatic rings. The second-order valence-corrected chi connectivity index (χ2v) is 3.86. The fourth-order valence-corrected chi connectivity index (χ4v) is 1.76. The summed E-state index contributed by atoms with van der Waals surface area (Å²) in [6, 6.07) is 0. The van der Waals surface area contributed by atoms with E-state index in [2.05, 4.69) is 16.5 Å². The minimum atomic E-state index is -0.446. The molecule has 0 fully saturated rings. The summed E-state index contributed by atoms with van der Waals surface area (Å²) in [5.74, 6) is 0. The predicted octanol–water partition coefficient (Wildman–Crippen LogP) is 0.389. The predicted molar refractivity (Wildman–Crippen MR) is 65.0 cm³/mol. The highest BCUT2D eigenvalue weighted by Gasteiger charge is 2.10. The van der Waals surface area contributed by atoms with Gasteiger partial charge in [-0.15, -0.1) is 6.58 Å². The molecule has 0 spiro atoms. The summed E-state index contributed by atoms with van der Waals surface area (Å²) in [6.45, 7) is 4.33. The zero-order chi connectivity index (χ0) is 12.4. The van der Waals surface area contributed by atoms with Gasteiger partial charge in [-0.25, -0.2) is 9.78 Å². The molecule has 17 heavy (non-hydrogen) atoms. The minimum Gasteiger partial charge on any atom is -0.325 e. The first-order valence-corrected chi connectivity index (χ1v) is 5.40. The monoisotopic (exact) mass is 234 g/mol. The third-order valence-corrected chi connectivity index (χ3v) is 2.68. The standard InChI is InChI=1S/C11H14N4O2/c1-3-4-5-6-15-7-12-9-8(15)10(16)13-11(17)14(9)2/h3,7H,1,4-6H2,2H3,(H,13,16,17). The molecule has 0 atom stereocenters. The normalized spacial score (nSPS) is 10.9. The Hall–Kier alpha value is -2.11. The van der Waals surface area contributed by atoms with Gasteiger partial charge >= 0.3 is 5.69 Å². The molecule has 0 unspecified atom stereocenters. The van der Waals surface area contributed by atoms with Crippen molar-refractivity contribution >= 4 is 11.2 Å². The number of imidazole rings is 1. The van der Waals surface area contributed by atoms with Gasteiger partial charge in [-0.1, -0.05) is 6.08 Å². The van der Waals surface area contributed by atoms with Gasteiger partial charge in [0.2, 0.25) is 0 Å². The highest BCUT2D eigenvalue weighted by Crippen LogP contribution is 2.06. The van der Waals surface area contributed by atoms with Crippen LogP contribution in [0.5, 0.6) is 0 Å². The Morgan fingerprint density at radius 2 is 2.29 bits per heavy atom. The number of fused-ring (bicyclic) bond motifs is 1. The summed E-state index contributed by atoms with van der Waals surface area (Å²) in [6.07, 6.45) is 5.18. The number of rotatable bonds is 4. The van der Waals surface area contributed by atoms with Crippen molar-refractivity contribution in [3.63, 3.8) is 0 Å². The quantitative estimate of drug-likeness (QED) is 0.614. The lowest BCUT2D eigenvalue weighted by molar-refractivity contribution is 0.663. The smallest absolute Gasteiger partial charge is 0.325 e. The number of nitrogens with zero attached hydrogens (tertiary/aromatic N) is 3. The van der Waals surface area contributed by atoms with E-state index < -0.39 is 5.69 Å². The van der Waals surface area contributed by atoms with Crippen molar-refractivity contribution in [3.8, 4) is 0 Å². The maximum absolute atomic E-state index is 11.7. The molecule has 2 aromatic heterocycles. The number of aromatic amines is 1. The third-order valence-electron chi connectivity index (χ3n) is 2.68. The van der Waals surface area contributed by atoms with E-state index in [1.807, 2.05) is 6.08 Å². The van der Waals surface area contributed by atoms with E-state index in [0.717, 1.165) is 12.8 Å². The first kappa shape index (κ1) is 11.4. The van der Waals surface area contributed by atoms with Gasteiger partial charge in [0.25, 0.3) is 5.56 Å². The lowest BCUT2D eigenvalue weighted by Crippen LogP contribution is -2.29. The molecule has 2 aromatic rings. The van der Waals surface area contributed by atoms with Crippen LogP contribution < -0.4 is 11.2 Å². The van der Waals surface area contributed by atoms with Crippen molar-refractivity contribution in [2.24, 2.45) is 7.05 Å². The SMILES string of the molecule is C=CCCCn1cnc2c1c(=O)[nH]c(=O)n2C. The van der Waals surface area contributed by atoms with Crippen LogP contribution in [0.3, 0.4) is 0 Å². The van der Waals surface area contributed by atoms with Crippen molar-refractivity contribution in [2.75, 3.05) is 0 Å². The molecule has 0 bridgehead atoms. The number of aryl methyl sites for hydroxylation is 2. The highest BCUT2D eigenvalue weighted by atomic mass is 16.2. The van der Waals surface area contributed by atoms with Crippen LogP contribution in [0, 0.1) is 0 Å². The number of H-pyrrole nitrogens is 1. The van der Waals surface area contributed by atoms with Crippen LogP contribution in [-0.4, -0.2) is 19.1 Å². The molecule has 0 amide bonds. The minimum absolute atomic E-state index is 0.390. The molecule has 90 valence electrons. The van der Waals surface area contributed by atoms with Crippen LogP contribution >= 0.6 is 0 Å². The number of hydrogen-bond donors (Lipinski definition) is 1. The Morgan fingerprint density at radius 1 is 1.53 bits per heavy atom. The lowest BCUT2D eigenvalue weighted by atomic mass is 10.3. The van der Waals surface area contributed by atoms with Crippen LogP contribution in [0.1, 0.15) is 12.8 Å². The van der Waals surface area contributed by atoms with E-state index in [4.69, 9.17) is 0 Å². The maximum Gasteiger partial charge on any atom is 0.329 e. The van der Waals surface area contributed by atoms with E-state index in [9.17, 15) is 9.59 Å². The van der Waals surface area contributed by atoms with E-state index >= 15 is 0 Å². The summed E-state index contributed by atoms with van der Waals surface area (Å²) in [7, 11) is 1.59. The van der Waals surface area contributed by atoms with E-state index in [0.29, 0.717) is 17.7 Å². The average molecular weight is 234 g/mol. The number of allylic oxidation sites excluding steroid dienone is 1. The molecule has 2 heterocycles. The van der Waals surface area contributed by atoms with Crippen LogP contribution in [0.25, 0.3) is 11.2 Å². The van der Waals surface area contributed by atoms with Gasteiger partial charge in [-0.05, 0) is 12.8 Å². The molecule has 6 heteroatoms. The number of hydrogen-bond acceptors (Lipinski definition) is 3. The van der Waals surface area contributed by atoms with E-state index in [1.165, 1.54) is 4.57 Å². The molecule has 0 saturated carbocycles. The Bertz CT molecular complexity index is 662. The molecular weight excluding hydrogens is 220 g/mol. The fraction of sp³-hybridized carbons (Fsp3) is 0.364. The highest BCUT2D eigenvalue weighted by molar-refractivity contribution is 5.69. The molecule has 0 aliphatic carbocycles. The van der Waals surface area contributed by atoms with E-state index in [1.54, 1.807) is 17.9 Å². The summed E-state index contributed by atoms with van der Waals surface area (Å²) >= 11 is 0. The molecule has 2 rings (SSSR count). The van der Waals surface area contributed by atoms with Crippen molar-refractivity contribution in [1.82, 2.24) is 19.1 Å². The third kappa shape index (κ3) is 1.93. The summed E-state index contributed by atoms with van der Waals surface area (Å²) in [5, 5.41) is 0. The molecule has 1 N–H and O–H groups in total. The topological polar surface area (TPSA) is 72.7 Å². The Morgan fingerprint density at radius 3 is 3.00 bits per heavy atom. The number of nitrogens with one attached hydrogen (secondary N) is 1. The van der Waals surface area contributed by atoms with Gasteiger partial charge in [-0.3, -0.25) is 14.3 Å². The second kappa shape index (κ2) is 4.40. The van der Waals surface area contributed by atoms with Crippen molar-refractivity contribution in [2.45, 2.75) is 19.4 Å². The van der Waals surface area contributed by atoms with Gasteiger partial charge in [0, 0.05) is 13.6 Å². The van der Waals surface area contributed by atoms with Gasteiger partial charge in [0.05, 0.1) is 6.33 Å². The van der Waals surface area contributed by atoms with E-state index in [-0.39, 0.29) is 5.56 Å². The molecule has 0 saturated heterocycles. The van der Waals surface area contributed by atoms with Crippen LogP contribution in [0.2, 0.25) is 0 Å². The molecule has 6 nitrogen and oxygen atoms in total. The maximum atomic E-state index is 11.7.